The third kappa shape index (κ3) is 3.28. The summed E-state index contributed by atoms with van der Waals surface area (Å²) < 4.78 is 69.6. The van der Waals surface area contributed by atoms with Crippen LogP contribution in [0.4, 0.5) is 13.2 Å². The van der Waals surface area contributed by atoms with E-state index in [0.717, 1.165) is 18.2 Å². The van der Waals surface area contributed by atoms with E-state index in [1.54, 1.807) is 0 Å². The highest BCUT2D eigenvalue weighted by Gasteiger charge is 2.38. The van der Waals surface area contributed by atoms with Gasteiger partial charge in [-0.05, 0) is 18.2 Å². The first kappa shape index (κ1) is 14.8. The van der Waals surface area contributed by atoms with Gasteiger partial charge in [0.1, 0.15) is 0 Å². The molecular formula is C10H9BrF3NO3S. The summed E-state index contributed by atoms with van der Waals surface area (Å²) in [5.41, 5.74) is -1.19. The molecule has 1 saturated heterocycles. The smallest absolute Gasteiger partial charge is 0.378 e. The second kappa shape index (κ2) is 5.04. The van der Waals surface area contributed by atoms with Crippen molar-refractivity contribution in [3.63, 3.8) is 0 Å². The molecule has 4 nitrogen and oxygen atoms in total. The Morgan fingerprint density at radius 2 is 1.95 bits per heavy atom. The highest BCUT2D eigenvalue weighted by molar-refractivity contribution is 9.10. The number of benzene rings is 1. The maximum Gasteiger partial charge on any atom is 0.417 e. The van der Waals surface area contributed by atoms with E-state index in [1.165, 1.54) is 0 Å². The van der Waals surface area contributed by atoms with E-state index in [0.29, 0.717) is 0 Å². The lowest BCUT2D eigenvalue weighted by Crippen LogP contribution is -2.48. The Balaban J connectivity index is 2.44. The number of hydrogen-bond acceptors (Lipinski definition) is 3. The third-order valence-electron chi connectivity index (χ3n) is 2.50. The van der Waals surface area contributed by atoms with Crippen LogP contribution in [0.1, 0.15) is 5.56 Å². The van der Waals surface area contributed by atoms with Crippen LogP contribution in [-0.4, -0.2) is 27.7 Å². The fourth-order valence-electron chi connectivity index (χ4n) is 1.54. The van der Waals surface area contributed by atoms with Crippen LogP contribution in [-0.2, 0) is 20.9 Å². The molecule has 19 heavy (non-hydrogen) atoms. The van der Waals surface area contributed by atoms with Crippen molar-refractivity contribution in [2.75, 3.05) is 13.2 Å². The molecule has 1 heterocycles. The summed E-state index contributed by atoms with van der Waals surface area (Å²) >= 11 is 2.97. The molecule has 0 spiro atoms. The van der Waals surface area contributed by atoms with Crippen molar-refractivity contribution >= 4 is 26.0 Å². The SMILES string of the molecule is O=S(=O)(NC1COC1)c1cc(Br)ccc1C(F)(F)F. The van der Waals surface area contributed by atoms with Crippen LogP contribution in [0.3, 0.4) is 0 Å². The zero-order chi connectivity index (χ0) is 14.3. The van der Waals surface area contributed by atoms with Crippen molar-refractivity contribution < 1.29 is 26.3 Å². The normalized spacial score (nSPS) is 17.3. The predicted molar refractivity (Wildman–Crippen MR) is 64.1 cm³/mol. The Morgan fingerprint density at radius 3 is 2.42 bits per heavy atom. The molecule has 0 atom stereocenters. The standard InChI is InChI=1S/C10H9BrF3NO3S/c11-6-1-2-8(10(12,13)14)9(3-6)19(16,17)15-7-4-18-5-7/h1-3,7,15H,4-5H2. The molecular weight excluding hydrogens is 351 g/mol. The summed E-state index contributed by atoms with van der Waals surface area (Å²) in [7, 11) is -4.24. The monoisotopic (exact) mass is 359 g/mol. The number of sulfonamides is 1. The topological polar surface area (TPSA) is 55.4 Å². The molecule has 0 unspecified atom stereocenters. The molecule has 0 bridgehead atoms. The average molecular weight is 360 g/mol. The molecule has 1 N–H and O–H groups in total. The maximum absolute atomic E-state index is 12.8. The Bertz CT molecular complexity index is 584. The van der Waals surface area contributed by atoms with Crippen molar-refractivity contribution in [3.8, 4) is 0 Å². The molecule has 9 heteroatoms. The molecule has 1 aromatic rings. The summed E-state index contributed by atoms with van der Waals surface area (Å²) in [6, 6.07) is 2.33. The number of nitrogens with one attached hydrogen (secondary N) is 1. The van der Waals surface area contributed by atoms with E-state index in [-0.39, 0.29) is 17.7 Å². The molecule has 2 rings (SSSR count). The van der Waals surface area contributed by atoms with Gasteiger partial charge in [0.15, 0.2) is 0 Å². The molecule has 0 aliphatic carbocycles. The maximum atomic E-state index is 12.8. The Morgan fingerprint density at radius 1 is 1.32 bits per heavy atom. The van der Waals surface area contributed by atoms with Gasteiger partial charge in [-0.15, -0.1) is 0 Å². The first-order valence-electron chi connectivity index (χ1n) is 5.17. The molecule has 1 aromatic carbocycles. The average Bonchev–Trinajstić information content (AvgIpc) is 2.22. The largest absolute Gasteiger partial charge is 0.417 e. The Hall–Kier alpha value is -0.640. The third-order valence-corrected chi connectivity index (χ3v) is 4.55. The van der Waals surface area contributed by atoms with Crippen molar-refractivity contribution in [2.45, 2.75) is 17.1 Å². The van der Waals surface area contributed by atoms with Gasteiger partial charge >= 0.3 is 6.18 Å². The van der Waals surface area contributed by atoms with Gasteiger partial charge in [-0.25, -0.2) is 13.1 Å². The summed E-state index contributed by atoms with van der Waals surface area (Å²) in [6.45, 7) is 0.323. The number of rotatable bonds is 3. The predicted octanol–water partition coefficient (Wildman–Crippen LogP) is 2.15. The number of ether oxygens (including phenoxy) is 1. The Kier molecular flexibility index (Phi) is 3.92. The molecule has 1 fully saturated rings. The number of halogens is 4. The molecule has 0 saturated carbocycles. The van der Waals surface area contributed by atoms with Gasteiger partial charge in [0.25, 0.3) is 0 Å². The minimum atomic E-state index is -4.74. The van der Waals surface area contributed by atoms with E-state index in [2.05, 4.69) is 20.7 Å². The van der Waals surface area contributed by atoms with Crippen LogP contribution in [0.15, 0.2) is 27.6 Å². The van der Waals surface area contributed by atoms with Crippen LogP contribution in [0.25, 0.3) is 0 Å². The van der Waals surface area contributed by atoms with Gasteiger partial charge < -0.3 is 4.74 Å². The quantitative estimate of drug-likeness (QED) is 0.899. The summed E-state index contributed by atoms with van der Waals surface area (Å²) in [6.07, 6.45) is -4.74. The minimum Gasteiger partial charge on any atom is -0.378 e. The molecule has 1 aliphatic heterocycles. The van der Waals surface area contributed by atoms with Gasteiger partial charge in [-0.2, -0.15) is 13.2 Å². The molecule has 106 valence electrons. The lowest BCUT2D eigenvalue weighted by Gasteiger charge is -2.27. The first-order chi connectivity index (χ1) is 8.70. The lowest BCUT2D eigenvalue weighted by molar-refractivity contribution is -0.139. The second-order valence-corrected chi connectivity index (χ2v) is 6.59. The highest BCUT2D eigenvalue weighted by atomic mass is 79.9. The first-order valence-corrected chi connectivity index (χ1v) is 7.44. The molecule has 0 aromatic heterocycles. The van der Waals surface area contributed by atoms with Crippen LogP contribution in [0, 0.1) is 0 Å². The van der Waals surface area contributed by atoms with Gasteiger partial charge in [0.2, 0.25) is 10.0 Å². The fraction of sp³-hybridized carbons (Fsp3) is 0.400. The van der Waals surface area contributed by atoms with Crippen LogP contribution >= 0.6 is 15.9 Å². The van der Waals surface area contributed by atoms with Crippen LogP contribution in [0.2, 0.25) is 0 Å². The second-order valence-electron chi connectivity index (χ2n) is 3.99. The van der Waals surface area contributed by atoms with Crippen molar-refractivity contribution in [3.05, 3.63) is 28.2 Å². The summed E-state index contributed by atoms with van der Waals surface area (Å²) in [5.74, 6) is 0. The molecule has 0 radical (unpaired) electrons. The highest BCUT2D eigenvalue weighted by Crippen LogP contribution is 2.35. The molecule has 0 amide bonds. The lowest BCUT2D eigenvalue weighted by atomic mass is 10.2. The fourth-order valence-corrected chi connectivity index (χ4v) is 3.51. The molecule has 1 aliphatic rings. The number of alkyl halides is 3. The minimum absolute atomic E-state index is 0.161. The van der Waals surface area contributed by atoms with Crippen molar-refractivity contribution in [2.24, 2.45) is 0 Å². The van der Waals surface area contributed by atoms with Crippen molar-refractivity contribution in [1.82, 2.24) is 4.72 Å². The van der Waals surface area contributed by atoms with Gasteiger partial charge in [0, 0.05) is 4.47 Å². The van der Waals surface area contributed by atoms with E-state index >= 15 is 0 Å². The number of hydrogen-bond donors (Lipinski definition) is 1. The zero-order valence-electron chi connectivity index (χ0n) is 9.37. The summed E-state index contributed by atoms with van der Waals surface area (Å²) in [4.78, 5) is -0.790. The Labute approximate surface area is 116 Å². The van der Waals surface area contributed by atoms with E-state index < -0.39 is 32.7 Å². The van der Waals surface area contributed by atoms with E-state index in [9.17, 15) is 21.6 Å². The van der Waals surface area contributed by atoms with E-state index in [1.807, 2.05) is 0 Å². The van der Waals surface area contributed by atoms with E-state index in [4.69, 9.17) is 4.74 Å². The van der Waals surface area contributed by atoms with Crippen LogP contribution < -0.4 is 4.72 Å². The van der Waals surface area contributed by atoms with Gasteiger partial charge in [0.05, 0.1) is 29.7 Å². The zero-order valence-corrected chi connectivity index (χ0v) is 11.8. The van der Waals surface area contributed by atoms with Crippen LogP contribution in [0.5, 0.6) is 0 Å². The van der Waals surface area contributed by atoms with Gasteiger partial charge in [-0.1, -0.05) is 15.9 Å². The van der Waals surface area contributed by atoms with Crippen molar-refractivity contribution in [1.29, 1.82) is 0 Å². The van der Waals surface area contributed by atoms with Gasteiger partial charge in [-0.3, -0.25) is 0 Å². The summed E-state index contributed by atoms with van der Waals surface area (Å²) in [5, 5.41) is 0.